The summed E-state index contributed by atoms with van der Waals surface area (Å²) in [6, 6.07) is -0.325. The van der Waals surface area contributed by atoms with Gasteiger partial charge in [0.05, 0.1) is 25.1 Å². The highest BCUT2D eigenvalue weighted by Gasteiger charge is 2.26. The Balaban J connectivity index is 1.74. The van der Waals surface area contributed by atoms with E-state index in [2.05, 4.69) is 29.4 Å². The number of likely N-dealkylation sites (N-methyl/N-ethyl adjacent to an activating group) is 1. The molecule has 1 unspecified atom stereocenters. The van der Waals surface area contributed by atoms with Crippen molar-refractivity contribution < 1.29 is 9.53 Å². The molecule has 1 aliphatic carbocycles. The Kier molecular flexibility index (Phi) is 6.32. The minimum Gasteiger partial charge on any atom is -0.379 e. The van der Waals surface area contributed by atoms with Gasteiger partial charge in [-0.3, -0.25) is 9.69 Å². The minimum absolute atomic E-state index is 0.00871. The van der Waals surface area contributed by atoms with Gasteiger partial charge in [-0.1, -0.05) is 13.8 Å². The topological polar surface area (TPSA) is 79.4 Å². The molecule has 2 aliphatic rings. The van der Waals surface area contributed by atoms with E-state index >= 15 is 0 Å². The molecule has 29 heavy (non-hydrogen) atoms. The number of ether oxygens (including phenoxy) is 1. The highest BCUT2D eigenvalue weighted by Crippen LogP contribution is 2.39. The SMILES string of the molecule is CNC(=O)C(Nc1nc(CN2CCOCC2)nc2sc3c(c12)CCCC3)C(C)C. The van der Waals surface area contributed by atoms with Crippen LogP contribution in [0, 0.1) is 5.92 Å². The highest BCUT2D eigenvalue weighted by atomic mass is 32.1. The average molecular weight is 418 g/mol. The molecule has 1 fully saturated rings. The van der Waals surface area contributed by atoms with E-state index < -0.39 is 0 Å². The lowest BCUT2D eigenvalue weighted by Gasteiger charge is -2.26. The molecule has 7 nitrogen and oxygen atoms in total. The second kappa shape index (κ2) is 8.93. The van der Waals surface area contributed by atoms with Gasteiger partial charge in [-0.05, 0) is 37.2 Å². The van der Waals surface area contributed by atoms with E-state index in [1.165, 1.54) is 23.3 Å². The van der Waals surface area contributed by atoms with Crippen LogP contribution >= 0.6 is 11.3 Å². The van der Waals surface area contributed by atoms with Crippen molar-refractivity contribution in [2.75, 3.05) is 38.7 Å². The summed E-state index contributed by atoms with van der Waals surface area (Å²) < 4.78 is 5.47. The van der Waals surface area contributed by atoms with Crippen molar-refractivity contribution in [3.05, 3.63) is 16.3 Å². The van der Waals surface area contributed by atoms with Crippen LogP contribution in [0.1, 0.15) is 43.0 Å². The monoisotopic (exact) mass is 417 g/mol. The zero-order valence-corrected chi connectivity index (χ0v) is 18.4. The van der Waals surface area contributed by atoms with E-state index in [1.54, 1.807) is 18.4 Å². The lowest BCUT2D eigenvalue weighted by atomic mass is 9.96. The molecule has 0 saturated carbocycles. The van der Waals surface area contributed by atoms with Crippen LogP contribution in [0.15, 0.2) is 0 Å². The maximum absolute atomic E-state index is 12.5. The number of nitrogens with one attached hydrogen (secondary N) is 2. The number of hydrogen-bond acceptors (Lipinski definition) is 7. The number of aryl methyl sites for hydroxylation is 2. The van der Waals surface area contributed by atoms with Gasteiger partial charge in [0.15, 0.2) is 0 Å². The number of thiophene rings is 1. The molecule has 0 bridgehead atoms. The second-order valence-electron chi connectivity index (χ2n) is 8.25. The van der Waals surface area contributed by atoms with Crippen molar-refractivity contribution in [1.29, 1.82) is 0 Å². The summed E-state index contributed by atoms with van der Waals surface area (Å²) in [6.07, 6.45) is 4.64. The zero-order chi connectivity index (χ0) is 20.4. The molecule has 3 heterocycles. The molecule has 8 heteroatoms. The fourth-order valence-corrected chi connectivity index (χ4v) is 5.45. The predicted molar refractivity (Wildman–Crippen MR) is 116 cm³/mol. The van der Waals surface area contributed by atoms with E-state index in [0.717, 1.165) is 61.0 Å². The largest absolute Gasteiger partial charge is 0.379 e. The van der Waals surface area contributed by atoms with Crippen LogP contribution in [0.4, 0.5) is 5.82 Å². The third kappa shape index (κ3) is 4.39. The first-order valence-corrected chi connectivity index (χ1v) is 11.5. The molecule has 1 amide bonds. The molecular formula is C21H31N5O2S. The Morgan fingerprint density at radius 2 is 1.97 bits per heavy atom. The molecule has 1 atom stereocenters. The van der Waals surface area contributed by atoms with Crippen LogP contribution in [0.5, 0.6) is 0 Å². The first-order chi connectivity index (χ1) is 14.1. The second-order valence-corrected chi connectivity index (χ2v) is 9.33. The van der Waals surface area contributed by atoms with E-state index in [-0.39, 0.29) is 17.9 Å². The molecular weight excluding hydrogens is 386 g/mol. The number of fused-ring (bicyclic) bond motifs is 3. The summed E-state index contributed by atoms with van der Waals surface area (Å²) >= 11 is 1.80. The number of carbonyl (C=O) groups is 1. The Labute approximate surface area is 176 Å². The number of amides is 1. The molecule has 2 aromatic heterocycles. The molecule has 1 aliphatic heterocycles. The summed E-state index contributed by atoms with van der Waals surface area (Å²) in [6.45, 7) is 8.14. The van der Waals surface area contributed by atoms with Crippen LogP contribution in [0.2, 0.25) is 0 Å². The zero-order valence-electron chi connectivity index (χ0n) is 17.6. The molecule has 4 rings (SSSR count). The van der Waals surface area contributed by atoms with Crippen molar-refractivity contribution in [2.45, 2.75) is 52.1 Å². The van der Waals surface area contributed by atoms with E-state index in [0.29, 0.717) is 6.54 Å². The molecule has 0 aromatic carbocycles. The molecule has 158 valence electrons. The minimum atomic E-state index is -0.325. The van der Waals surface area contributed by atoms with Crippen molar-refractivity contribution in [2.24, 2.45) is 5.92 Å². The third-order valence-corrected chi connectivity index (χ3v) is 7.00. The van der Waals surface area contributed by atoms with Crippen LogP contribution in [0.25, 0.3) is 10.2 Å². The molecule has 2 aromatic rings. The summed E-state index contributed by atoms with van der Waals surface area (Å²) in [5.74, 6) is 1.78. The lowest BCUT2D eigenvalue weighted by molar-refractivity contribution is -0.122. The Morgan fingerprint density at radius 3 is 2.69 bits per heavy atom. The van der Waals surface area contributed by atoms with Crippen LogP contribution in [0.3, 0.4) is 0 Å². The maximum atomic E-state index is 12.5. The molecule has 1 saturated heterocycles. The van der Waals surface area contributed by atoms with Crippen molar-refractivity contribution >= 4 is 33.3 Å². The van der Waals surface area contributed by atoms with Crippen molar-refractivity contribution in [3.8, 4) is 0 Å². The number of aromatic nitrogens is 2. The van der Waals surface area contributed by atoms with Gasteiger partial charge in [0.1, 0.15) is 22.5 Å². The van der Waals surface area contributed by atoms with E-state index in [4.69, 9.17) is 14.7 Å². The van der Waals surface area contributed by atoms with Crippen molar-refractivity contribution in [3.63, 3.8) is 0 Å². The molecule has 2 N–H and O–H groups in total. The van der Waals surface area contributed by atoms with Crippen LogP contribution < -0.4 is 10.6 Å². The third-order valence-electron chi connectivity index (χ3n) is 5.82. The number of carbonyl (C=O) groups excluding carboxylic acids is 1. The van der Waals surface area contributed by atoms with Gasteiger partial charge in [-0.2, -0.15) is 0 Å². The van der Waals surface area contributed by atoms with Crippen LogP contribution in [-0.4, -0.2) is 60.2 Å². The van der Waals surface area contributed by atoms with Gasteiger partial charge in [0.25, 0.3) is 0 Å². The first kappa shape index (κ1) is 20.5. The molecule has 0 spiro atoms. The fraction of sp³-hybridized carbons (Fsp3) is 0.667. The fourth-order valence-electron chi connectivity index (χ4n) is 4.17. The summed E-state index contributed by atoms with van der Waals surface area (Å²) in [5, 5.41) is 7.40. The lowest BCUT2D eigenvalue weighted by Crippen LogP contribution is -2.41. The first-order valence-electron chi connectivity index (χ1n) is 10.7. The van der Waals surface area contributed by atoms with E-state index in [9.17, 15) is 4.79 Å². The number of rotatable bonds is 6. The maximum Gasteiger partial charge on any atom is 0.242 e. The molecule has 0 radical (unpaired) electrons. The van der Waals surface area contributed by atoms with Crippen molar-refractivity contribution in [1.82, 2.24) is 20.2 Å². The number of morpholine rings is 1. The van der Waals surface area contributed by atoms with Gasteiger partial charge in [0.2, 0.25) is 5.91 Å². The quantitative estimate of drug-likeness (QED) is 0.752. The average Bonchev–Trinajstić information content (AvgIpc) is 3.10. The summed E-state index contributed by atoms with van der Waals surface area (Å²) in [4.78, 5) is 27.2. The smallest absolute Gasteiger partial charge is 0.242 e. The number of anilines is 1. The standard InChI is InChI=1S/C21H31N5O2S/c1-13(2)18(20(27)22-3)25-19-17-14-6-4-5-7-15(14)29-21(17)24-16(23-19)12-26-8-10-28-11-9-26/h13,18H,4-12H2,1-3H3,(H,22,27)(H,23,24,25). The van der Waals surface area contributed by atoms with Gasteiger partial charge in [-0.15, -0.1) is 11.3 Å². The van der Waals surface area contributed by atoms with Gasteiger partial charge in [0, 0.05) is 25.0 Å². The summed E-state index contributed by atoms with van der Waals surface area (Å²) in [7, 11) is 1.69. The Hall–Kier alpha value is -1.77. The van der Waals surface area contributed by atoms with E-state index in [1.807, 2.05) is 0 Å². The van der Waals surface area contributed by atoms with Gasteiger partial charge in [-0.25, -0.2) is 9.97 Å². The summed E-state index contributed by atoms with van der Waals surface area (Å²) in [5.41, 5.74) is 1.39. The highest BCUT2D eigenvalue weighted by molar-refractivity contribution is 7.19. The number of nitrogens with zero attached hydrogens (tertiary/aromatic N) is 3. The number of hydrogen-bond donors (Lipinski definition) is 2. The van der Waals surface area contributed by atoms with Crippen LogP contribution in [-0.2, 0) is 28.9 Å². The predicted octanol–water partition coefficient (Wildman–Crippen LogP) is 2.58. The van der Waals surface area contributed by atoms with Gasteiger partial charge >= 0.3 is 0 Å². The Bertz CT molecular complexity index is 876. The van der Waals surface area contributed by atoms with Gasteiger partial charge < -0.3 is 15.4 Å². The normalized spacial score (nSPS) is 18.6. The Morgan fingerprint density at radius 1 is 1.21 bits per heavy atom.